The Kier molecular flexibility index (Phi) is 20.7. The van der Waals surface area contributed by atoms with Crippen LogP contribution in [-0.2, 0) is 28.7 Å². The number of hydrogen-bond acceptors (Lipinski definition) is 9. The molecule has 55 heavy (non-hydrogen) atoms. The number of likely N-dealkylation sites (tertiary alicyclic amines) is 1. The molecule has 4 amide bonds. The summed E-state index contributed by atoms with van der Waals surface area (Å²) in [6, 6.07) is 6.72. The van der Waals surface area contributed by atoms with Crippen LogP contribution in [-0.4, -0.2) is 132 Å². The lowest BCUT2D eigenvalue weighted by Crippen LogP contribution is -2.60. The van der Waals surface area contributed by atoms with Gasteiger partial charge in [0.25, 0.3) is 0 Å². The Balaban J connectivity index is 2.26. The summed E-state index contributed by atoms with van der Waals surface area (Å²) in [4.78, 5) is 61.4. The number of nitrogens with one attached hydrogen (secondary N) is 2. The maximum absolute atomic E-state index is 14.4. The van der Waals surface area contributed by atoms with Crippen LogP contribution in [0.25, 0.3) is 0 Å². The Labute approximate surface area is 336 Å². The molecule has 3 N–H and O–H groups in total. The van der Waals surface area contributed by atoms with E-state index in [4.69, 9.17) is 9.47 Å². The molecule has 1 aliphatic rings. The lowest BCUT2D eigenvalue weighted by atomic mass is 9.89. The summed E-state index contributed by atoms with van der Waals surface area (Å²) in [5, 5.41) is 16.9. The Morgan fingerprint density at radius 2 is 1.56 bits per heavy atom. The lowest BCUT2D eigenvalue weighted by Gasteiger charge is -2.41. The Bertz CT molecular complexity index is 1340. The van der Waals surface area contributed by atoms with E-state index in [2.05, 4.69) is 31.4 Å². The third kappa shape index (κ3) is 13.2. The van der Waals surface area contributed by atoms with Crippen LogP contribution in [0.2, 0.25) is 0 Å². The van der Waals surface area contributed by atoms with Crippen molar-refractivity contribution in [2.75, 3.05) is 46.5 Å². The highest BCUT2D eigenvalue weighted by Crippen LogP contribution is 2.30. The van der Waals surface area contributed by atoms with Crippen LogP contribution in [0.4, 0.5) is 0 Å². The molecule has 0 saturated carbocycles. The second-order valence-electron chi connectivity index (χ2n) is 16.0. The molecule has 10 atom stereocenters. The number of hydrogen-bond donors (Lipinski definition) is 3. The Hall–Kier alpha value is -2.71. The second kappa shape index (κ2) is 23.5. The molecular formula is C42H73N5O7S. The third-order valence-electron chi connectivity index (χ3n) is 11.3. The first kappa shape index (κ1) is 48.4. The van der Waals surface area contributed by atoms with Crippen molar-refractivity contribution in [1.29, 1.82) is 0 Å². The maximum atomic E-state index is 14.4. The largest absolute Gasteiger partial charge is 0.386 e. The van der Waals surface area contributed by atoms with E-state index in [1.54, 1.807) is 56.7 Å². The predicted molar refractivity (Wildman–Crippen MR) is 221 cm³/mol. The topological polar surface area (TPSA) is 141 Å². The maximum Gasteiger partial charge on any atom is 0.245 e. The highest BCUT2D eigenvalue weighted by atomic mass is 32.2. The lowest BCUT2D eigenvalue weighted by molar-refractivity contribution is -0.148. The van der Waals surface area contributed by atoms with Crippen molar-refractivity contribution in [1.82, 2.24) is 25.3 Å². The van der Waals surface area contributed by atoms with E-state index in [9.17, 15) is 24.3 Å². The molecular weight excluding hydrogens is 719 g/mol. The van der Waals surface area contributed by atoms with Gasteiger partial charge in [-0.2, -0.15) is 0 Å². The van der Waals surface area contributed by atoms with E-state index in [1.165, 1.54) is 0 Å². The van der Waals surface area contributed by atoms with Gasteiger partial charge in [-0.3, -0.25) is 24.1 Å². The molecule has 13 heteroatoms. The number of aliphatic hydroxyl groups is 1. The van der Waals surface area contributed by atoms with Gasteiger partial charge in [0.05, 0.1) is 54.8 Å². The molecule has 0 aromatic heterocycles. The van der Waals surface area contributed by atoms with Crippen molar-refractivity contribution >= 4 is 35.4 Å². The first-order valence-corrected chi connectivity index (χ1v) is 21.4. The quantitative estimate of drug-likeness (QED) is 0.131. The first-order chi connectivity index (χ1) is 26.0. The first-order valence-electron chi connectivity index (χ1n) is 20.2. The van der Waals surface area contributed by atoms with Crippen LogP contribution < -0.4 is 10.6 Å². The van der Waals surface area contributed by atoms with Gasteiger partial charge in [-0.15, -0.1) is 11.8 Å². The summed E-state index contributed by atoms with van der Waals surface area (Å²) < 4.78 is 12.0. The zero-order valence-electron chi connectivity index (χ0n) is 35.9. The summed E-state index contributed by atoms with van der Waals surface area (Å²) in [6.45, 7) is 18.2. The summed E-state index contributed by atoms with van der Waals surface area (Å²) in [6.07, 6.45) is 0.138. The highest BCUT2D eigenvalue weighted by molar-refractivity contribution is 7.99. The molecule has 1 aliphatic heterocycles. The molecule has 1 fully saturated rings. The molecule has 314 valence electrons. The molecule has 1 heterocycles. The molecule has 1 aromatic rings. The highest BCUT2D eigenvalue weighted by Gasteiger charge is 2.43. The van der Waals surface area contributed by atoms with Crippen LogP contribution >= 0.6 is 11.8 Å². The fraction of sp³-hybridized carbons (Fsp3) is 0.762. The fourth-order valence-electron chi connectivity index (χ4n) is 7.98. The number of ether oxygens (including phenoxy) is 2. The molecule has 1 saturated heterocycles. The van der Waals surface area contributed by atoms with Gasteiger partial charge >= 0.3 is 0 Å². The molecule has 0 spiro atoms. The van der Waals surface area contributed by atoms with E-state index in [0.717, 1.165) is 18.6 Å². The van der Waals surface area contributed by atoms with E-state index in [-0.39, 0.29) is 53.8 Å². The van der Waals surface area contributed by atoms with Crippen molar-refractivity contribution in [3.63, 3.8) is 0 Å². The number of amides is 4. The number of carbonyl (C=O) groups excluding carboxylic acids is 4. The molecule has 1 aromatic carbocycles. The van der Waals surface area contributed by atoms with E-state index in [1.807, 2.05) is 70.0 Å². The number of carbonyl (C=O) groups is 4. The van der Waals surface area contributed by atoms with Gasteiger partial charge in [-0.1, -0.05) is 92.1 Å². The van der Waals surface area contributed by atoms with Gasteiger partial charge in [0.2, 0.25) is 23.6 Å². The van der Waals surface area contributed by atoms with Gasteiger partial charge in [-0.05, 0) is 55.9 Å². The van der Waals surface area contributed by atoms with Crippen molar-refractivity contribution in [2.24, 2.45) is 23.7 Å². The van der Waals surface area contributed by atoms with Gasteiger partial charge in [-0.25, -0.2) is 0 Å². The second-order valence-corrected chi connectivity index (χ2v) is 17.3. The zero-order chi connectivity index (χ0) is 41.6. The normalized spacial score (nSPS) is 19.7. The summed E-state index contributed by atoms with van der Waals surface area (Å²) >= 11 is 1.74. The van der Waals surface area contributed by atoms with Crippen LogP contribution in [0.15, 0.2) is 30.3 Å². The third-order valence-corrected chi connectivity index (χ3v) is 12.3. The van der Waals surface area contributed by atoms with Gasteiger partial charge in [0.15, 0.2) is 0 Å². The summed E-state index contributed by atoms with van der Waals surface area (Å²) in [5.41, 5.74) is 0.712. The Morgan fingerprint density at radius 1 is 0.927 bits per heavy atom. The molecule has 0 radical (unpaired) electrons. The van der Waals surface area contributed by atoms with Gasteiger partial charge in [0.1, 0.15) is 6.04 Å². The summed E-state index contributed by atoms with van der Waals surface area (Å²) in [5.74, 6) is 0.0959. The van der Waals surface area contributed by atoms with Crippen LogP contribution in [0.1, 0.15) is 99.7 Å². The minimum atomic E-state index is -0.877. The standard InChI is InChI=1S/C42H73N5O7S/c1-14-28(7)37(46(11)42(52)35(26(3)4)44-41(51)36(27(5)6)45(10)25-55-15-2)33(53-12)24-34(48)47-23-19-22-32(47)39(54-13)29(8)40(50)43-30(9)38(49)31-20-17-16-18-21-31/h16-18,20-21,26-30,32-33,35-39,49H,14-15,19,22-25H2,1-13H3,(H,43,50)(H,44,51)/t28-,29+,30+,32-,33+,35-,36-,37-,38+,39+/m0/s1. The number of rotatable bonds is 23. The van der Waals surface area contributed by atoms with Crippen molar-refractivity contribution in [3.05, 3.63) is 35.9 Å². The Morgan fingerprint density at radius 3 is 2.09 bits per heavy atom. The number of aliphatic hydroxyl groups excluding tert-OH is 1. The smallest absolute Gasteiger partial charge is 0.245 e. The van der Waals surface area contributed by atoms with Crippen LogP contribution in [0, 0.1) is 23.7 Å². The number of thioether (sulfide) groups is 1. The van der Waals surface area contributed by atoms with E-state index < -0.39 is 48.4 Å². The van der Waals surface area contributed by atoms with Crippen LogP contribution in [0.5, 0.6) is 0 Å². The molecule has 0 bridgehead atoms. The minimum absolute atomic E-state index is 0.0196. The van der Waals surface area contributed by atoms with Gasteiger partial charge < -0.3 is 35.0 Å². The van der Waals surface area contributed by atoms with Crippen molar-refractivity contribution < 1.29 is 33.8 Å². The number of nitrogens with zero attached hydrogens (tertiary/aromatic N) is 3. The van der Waals surface area contributed by atoms with Crippen molar-refractivity contribution in [3.8, 4) is 0 Å². The predicted octanol–water partition coefficient (Wildman–Crippen LogP) is 4.95. The van der Waals surface area contributed by atoms with Crippen molar-refractivity contribution in [2.45, 2.75) is 137 Å². The molecule has 12 nitrogen and oxygen atoms in total. The monoisotopic (exact) mass is 792 g/mol. The van der Waals surface area contributed by atoms with Crippen LogP contribution in [0.3, 0.4) is 0 Å². The minimum Gasteiger partial charge on any atom is -0.386 e. The zero-order valence-corrected chi connectivity index (χ0v) is 36.7. The summed E-state index contributed by atoms with van der Waals surface area (Å²) in [7, 11) is 6.82. The molecule has 2 rings (SSSR count). The number of methoxy groups -OCH3 is 2. The average Bonchev–Trinajstić information content (AvgIpc) is 3.65. The van der Waals surface area contributed by atoms with Gasteiger partial charge in [0, 0.05) is 33.7 Å². The van der Waals surface area contributed by atoms with E-state index in [0.29, 0.717) is 24.4 Å². The molecule has 0 aliphatic carbocycles. The fourth-order valence-corrected chi connectivity index (χ4v) is 8.61. The number of benzene rings is 1. The van der Waals surface area contributed by atoms with E-state index >= 15 is 0 Å². The SMILES string of the molecule is CCSCN(C)[C@H](C(=O)N[C@H](C(=O)N(C)[C@@H]([C@@H](C)CC)[C@@H](CC(=O)N1CCC[C@H]1[C@H](OC)[C@@H](C)C(=O)N[C@H](C)[C@@H](O)c1ccccc1)OC)C(C)C)C(C)C. The average molecular weight is 792 g/mol. The number of likely N-dealkylation sites (N-methyl/N-ethyl adjacent to an activating group) is 2. The molecule has 0 unspecified atom stereocenters.